The zero-order valence-electron chi connectivity index (χ0n) is 16.8. The van der Waals surface area contributed by atoms with Gasteiger partial charge < -0.3 is 4.90 Å². The average Bonchev–Trinajstić information content (AvgIpc) is 2.93. The first-order chi connectivity index (χ1) is 12.3. The quantitative estimate of drug-likeness (QED) is 0.235. The van der Waals surface area contributed by atoms with Crippen molar-refractivity contribution >= 4 is 5.91 Å². The first-order valence-corrected chi connectivity index (χ1v) is 10.8. The molecule has 0 aliphatic carbocycles. The lowest BCUT2D eigenvalue weighted by Crippen LogP contribution is -2.31. The van der Waals surface area contributed by atoms with Crippen molar-refractivity contribution in [2.75, 3.05) is 6.54 Å². The second-order valence-electron chi connectivity index (χ2n) is 7.56. The maximum absolute atomic E-state index is 11.7. The van der Waals surface area contributed by atoms with Gasteiger partial charge in [0.05, 0.1) is 0 Å². The van der Waals surface area contributed by atoms with Crippen molar-refractivity contribution in [2.45, 2.75) is 110 Å². The molecule has 1 atom stereocenters. The van der Waals surface area contributed by atoms with E-state index < -0.39 is 0 Å². The third-order valence-electron chi connectivity index (χ3n) is 5.23. The summed E-state index contributed by atoms with van der Waals surface area (Å²) in [6.45, 7) is 5.42. The van der Waals surface area contributed by atoms with Crippen molar-refractivity contribution in [3.8, 4) is 0 Å². The molecule has 0 aromatic carbocycles. The van der Waals surface area contributed by atoms with E-state index in [1.165, 1.54) is 70.6 Å². The van der Waals surface area contributed by atoms with Crippen molar-refractivity contribution < 1.29 is 4.79 Å². The topological polar surface area (TPSA) is 20.3 Å². The number of hydrogen-bond acceptors (Lipinski definition) is 1. The lowest BCUT2D eigenvalue weighted by atomic mass is 10.1. The smallest absolute Gasteiger partial charge is 0.222 e. The van der Waals surface area contributed by atoms with Gasteiger partial charge in [0.15, 0.2) is 0 Å². The Morgan fingerprint density at radius 1 is 0.880 bits per heavy atom. The molecule has 1 saturated heterocycles. The highest BCUT2D eigenvalue weighted by atomic mass is 16.2. The number of unbranched alkanes of at least 4 members (excludes halogenated alkanes) is 9. The average molecular weight is 348 g/mol. The Morgan fingerprint density at radius 3 is 2.08 bits per heavy atom. The molecule has 1 rings (SSSR count). The van der Waals surface area contributed by atoms with Gasteiger partial charge in [-0.05, 0) is 51.9 Å². The van der Waals surface area contributed by atoms with Crippen molar-refractivity contribution in [3.05, 3.63) is 24.3 Å². The monoisotopic (exact) mass is 347 g/mol. The maximum Gasteiger partial charge on any atom is 0.222 e. The minimum absolute atomic E-state index is 0.370. The van der Waals surface area contributed by atoms with Crippen LogP contribution in [-0.2, 0) is 4.79 Å². The van der Waals surface area contributed by atoms with Crippen molar-refractivity contribution in [1.82, 2.24) is 4.90 Å². The van der Waals surface area contributed by atoms with Gasteiger partial charge in [-0.3, -0.25) is 4.79 Å². The maximum atomic E-state index is 11.7. The molecule has 0 bridgehead atoms. The van der Waals surface area contributed by atoms with Gasteiger partial charge in [-0.2, -0.15) is 0 Å². The Balaban J connectivity index is 1.82. The number of allylic oxidation sites excluding steroid dienone is 4. The second kappa shape index (κ2) is 15.2. The van der Waals surface area contributed by atoms with E-state index in [0.717, 1.165) is 25.8 Å². The molecule has 1 aliphatic rings. The molecule has 1 heterocycles. The molecule has 2 heteroatoms. The van der Waals surface area contributed by atoms with Crippen LogP contribution in [0.15, 0.2) is 24.3 Å². The zero-order valence-corrected chi connectivity index (χ0v) is 16.8. The van der Waals surface area contributed by atoms with E-state index in [9.17, 15) is 4.79 Å². The Bertz CT molecular complexity index is 386. The summed E-state index contributed by atoms with van der Waals surface area (Å²) in [6, 6.07) is 0.477. The molecule has 1 amide bonds. The predicted octanol–water partition coefficient (Wildman–Crippen LogP) is 6.81. The molecule has 0 aromatic heterocycles. The van der Waals surface area contributed by atoms with Crippen molar-refractivity contribution in [2.24, 2.45) is 0 Å². The summed E-state index contributed by atoms with van der Waals surface area (Å²) in [5.74, 6) is 0.370. The van der Waals surface area contributed by atoms with Crippen LogP contribution in [0.4, 0.5) is 0 Å². The van der Waals surface area contributed by atoms with Crippen LogP contribution in [0.3, 0.4) is 0 Å². The zero-order chi connectivity index (χ0) is 18.2. The van der Waals surface area contributed by atoms with Crippen LogP contribution in [-0.4, -0.2) is 23.4 Å². The van der Waals surface area contributed by atoms with Gasteiger partial charge in [-0.15, -0.1) is 0 Å². The molecule has 1 fully saturated rings. The number of likely N-dealkylation sites (tertiary alicyclic amines) is 1. The Morgan fingerprint density at radius 2 is 1.48 bits per heavy atom. The Labute approximate surface area is 156 Å². The number of carbonyl (C=O) groups excluding carboxylic acids is 1. The van der Waals surface area contributed by atoms with Gasteiger partial charge in [-0.25, -0.2) is 0 Å². The summed E-state index contributed by atoms with van der Waals surface area (Å²) in [6.07, 6.45) is 26.5. The van der Waals surface area contributed by atoms with Crippen LogP contribution in [0.2, 0.25) is 0 Å². The lowest BCUT2D eigenvalue weighted by Gasteiger charge is -2.21. The molecular weight excluding hydrogens is 306 g/mol. The van der Waals surface area contributed by atoms with E-state index in [2.05, 4.69) is 43.1 Å². The first kappa shape index (κ1) is 22.0. The van der Waals surface area contributed by atoms with Gasteiger partial charge in [0.25, 0.3) is 0 Å². The first-order valence-electron chi connectivity index (χ1n) is 10.8. The molecule has 1 aliphatic heterocycles. The molecule has 144 valence electrons. The lowest BCUT2D eigenvalue weighted by molar-refractivity contribution is -0.128. The van der Waals surface area contributed by atoms with Crippen molar-refractivity contribution in [3.63, 3.8) is 0 Å². The van der Waals surface area contributed by atoms with Crippen LogP contribution in [0.5, 0.6) is 0 Å². The highest BCUT2D eigenvalue weighted by Gasteiger charge is 2.26. The van der Waals surface area contributed by atoms with Gasteiger partial charge >= 0.3 is 0 Å². The molecule has 2 nitrogen and oxygen atoms in total. The van der Waals surface area contributed by atoms with Crippen LogP contribution in [0, 0.1) is 0 Å². The number of rotatable bonds is 15. The van der Waals surface area contributed by atoms with Gasteiger partial charge in [0.2, 0.25) is 5.91 Å². The van der Waals surface area contributed by atoms with Crippen molar-refractivity contribution in [1.29, 1.82) is 0 Å². The molecular formula is C23H41NO. The van der Waals surface area contributed by atoms with Gasteiger partial charge in [-0.1, -0.05) is 69.8 Å². The highest BCUT2D eigenvalue weighted by Crippen LogP contribution is 2.19. The largest absolute Gasteiger partial charge is 0.340 e. The number of hydrogen-bond donors (Lipinski definition) is 0. The number of amides is 1. The van der Waals surface area contributed by atoms with E-state index in [4.69, 9.17) is 0 Å². The minimum Gasteiger partial charge on any atom is -0.340 e. The number of carbonyl (C=O) groups is 1. The van der Waals surface area contributed by atoms with Gasteiger partial charge in [0, 0.05) is 19.0 Å². The second-order valence-corrected chi connectivity index (χ2v) is 7.56. The summed E-state index contributed by atoms with van der Waals surface area (Å²) in [5.41, 5.74) is 0. The van der Waals surface area contributed by atoms with Crippen LogP contribution < -0.4 is 0 Å². The highest BCUT2D eigenvalue weighted by molar-refractivity contribution is 5.78. The van der Waals surface area contributed by atoms with E-state index >= 15 is 0 Å². The van der Waals surface area contributed by atoms with E-state index in [1.807, 2.05) is 0 Å². The SMILES string of the molecule is CCCCC/C=C\C/C=C\CCCCCCCCN1C(=O)CC[C@H]1C. The fraction of sp³-hybridized carbons (Fsp3) is 0.783. The molecule has 0 aromatic rings. The predicted molar refractivity (Wildman–Crippen MR) is 110 cm³/mol. The standard InChI is InChI=1S/C23H41NO/c1-3-4-5-6-7-8-9-10-11-12-13-14-15-16-17-18-21-24-22(2)19-20-23(24)25/h7-8,10-11,22H,3-6,9,12-21H2,1-2H3/b8-7-,11-10-/t22-/m1/s1. The Hall–Kier alpha value is -1.05. The minimum atomic E-state index is 0.370. The van der Waals surface area contributed by atoms with E-state index in [1.54, 1.807) is 0 Å². The van der Waals surface area contributed by atoms with Gasteiger partial charge in [0.1, 0.15) is 0 Å². The fourth-order valence-electron chi connectivity index (χ4n) is 3.49. The third kappa shape index (κ3) is 11.2. The molecule has 0 N–H and O–H groups in total. The van der Waals surface area contributed by atoms with E-state index in [-0.39, 0.29) is 0 Å². The molecule has 0 radical (unpaired) electrons. The van der Waals surface area contributed by atoms with Crippen LogP contribution in [0.1, 0.15) is 104 Å². The summed E-state index contributed by atoms with van der Waals surface area (Å²) in [4.78, 5) is 13.8. The summed E-state index contributed by atoms with van der Waals surface area (Å²) in [5, 5.41) is 0. The molecule has 0 spiro atoms. The third-order valence-corrected chi connectivity index (χ3v) is 5.23. The summed E-state index contributed by atoms with van der Waals surface area (Å²) in [7, 11) is 0. The number of nitrogens with zero attached hydrogens (tertiary/aromatic N) is 1. The molecule has 25 heavy (non-hydrogen) atoms. The Kier molecular flexibility index (Phi) is 13.4. The van der Waals surface area contributed by atoms with Crippen LogP contribution in [0.25, 0.3) is 0 Å². The molecule has 0 saturated carbocycles. The van der Waals surface area contributed by atoms with Crippen LogP contribution >= 0.6 is 0 Å². The van der Waals surface area contributed by atoms with E-state index in [0.29, 0.717) is 11.9 Å². The summed E-state index contributed by atoms with van der Waals surface area (Å²) >= 11 is 0. The fourth-order valence-corrected chi connectivity index (χ4v) is 3.49. The normalized spacial score (nSPS) is 18.2. The molecule has 0 unspecified atom stereocenters. The summed E-state index contributed by atoms with van der Waals surface area (Å²) < 4.78 is 0.